The van der Waals surface area contributed by atoms with E-state index >= 15 is 0 Å². The maximum absolute atomic E-state index is 13.4. The number of nitrogens with one attached hydrogen (secondary N) is 2. The van der Waals surface area contributed by atoms with Crippen molar-refractivity contribution < 1.29 is 23.9 Å². The molecule has 0 radical (unpaired) electrons. The normalized spacial score (nSPS) is 11.6. The lowest BCUT2D eigenvalue weighted by Crippen LogP contribution is -2.42. The third kappa shape index (κ3) is 5.50. The number of esters is 1. The van der Waals surface area contributed by atoms with E-state index in [1.807, 2.05) is 60.7 Å². The SMILES string of the molecule is COC(=O)c1cccc(C(=O)C(Cc2cc3ccccc3[nH]2)NC(=O)OCc2ccccc2)c1. The molecule has 1 atom stereocenters. The summed E-state index contributed by atoms with van der Waals surface area (Å²) in [6, 6.07) is 24.3. The fraction of sp³-hybridized carbons (Fsp3) is 0.148. The van der Waals surface area contributed by atoms with Crippen LogP contribution in [0.2, 0.25) is 0 Å². The van der Waals surface area contributed by atoms with E-state index in [2.05, 4.69) is 10.3 Å². The summed E-state index contributed by atoms with van der Waals surface area (Å²) in [4.78, 5) is 41.2. The average molecular weight is 456 g/mol. The molecule has 0 aliphatic rings. The fourth-order valence-corrected chi connectivity index (χ4v) is 3.70. The Kier molecular flexibility index (Phi) is 7.03. The minimum Gasteiger partial charge on any atom is -0.465 e. The molecule has 1 unspecified atom stereocenters. The second kappa shape index (κ2) is 10.5. The van der Waals surface area contributed by atoms with Crippen molar-refractivity contribution in [1.29, 1.82) is 0 Å². The first-order valence-electron chi connectivity index (χ1n) is 10.8. The van der Waals surface area contributed by atoms with E-state index in [1.54, 1.807) is 18.2 Å². The molecule has 34 heavy (non-hydrogen) atoms. The number of H-pyrrole nitrogens is 1. The minimum atomic E-state index is -0.913. The summed E-state index contributed by atoms with van der Waals surface area (Å²) in [6.07, 6.45) is -0.487. The number of fused-ring (bicyclic) bond motifs is 1. The monoisotopic (exact) mass is 456 g/mol. The molecule has 0 aliphatic carbocycles. The van der Waals surface area contributed by atoms with Gasteiger partial charge in [0.15, 0.2) is 5.78 Å². The average Bonchev–Trinajstić information content (AvgIpc) is 3.29. The standard InChI is InChI=1S/C27H24N2O5/c1-33-26(31)21-12-7-11-20(14-21)25(30)24(16-22-15-19-10-5-6-13-23(19)28-22)29-27(32)34-17-18-8-3-2-4-9-18/h2-15,24,28H,16-17H2,1H3,(H,29,32). The molecule has 7 nitrogen and oxygen atoms in total. The molecule has 0 fully saturated rings. The van der Waals surface area contributed by atoms with Crippen LogP contribution in [0.1, 0.15) is 32.0 Å². The zero-order chi connectivity index (χ0) is 23.9. The number of hydrogen-bond acceptors (Lipinski definition) is 5. The van der Waals surface area contributed by atoms with Gasteiger partial charge in [-0.2, -0.15) is 0 Å². The quantitative estimate of drug-likeness (QED) is 0.297. The highest BCUT2D eigenvalue weighted by atomic mass is 16.5. The number of methoxy groups -OCH3 is 1. The van der Waals surface area contributed by atoms with Crippen LogP contribution in [0, 0.1) is 0 Å². The molecular weight excluding hydrogens is 432 g/mol. The summed E-state index contributed by atoms with van der Waals surface area (Å²) >= 11 is 0. The number of hydrogen-bond donors (Lipinski definition) is 2. The Balaban J connectivity index is 1.55. The summed E-state index contributed by atoms with van der Waals surface area (Å²) in [5, 5.41) is 3.70. The number of carbonyl (C=O) groups excluding carboxylic acids is 3. The molecule has 1 heterocycles. The number of carbonyl (C=O) groups is 3. The Hall–Kier alpha value is -4.39. The van der Waals surface area contributed by atoms with Gasteiger partial charge in [-0.25, -0.2) is 9.59 Å². The van der Waals surface area contributed by atoms with E-state index in [0.29, 0.717) is 0 Å². The van der Waals surface area contributed by atoms with E-state index in [0.717, 1.165) is 22.2 Å². The molecule has 1 amide bonds. The number of alkyl carbamates (subject to hydrolysis) is 1. The van der Waals surface area contributed by atoms with Gasteiger partial charge in [0.25, 0.3) is 0 Å². The maximum atomic E-state index is 13.4. The Morgan fingerprint density at radius 1 is 0.882 bits per heavy atom. The van der Waals surface area contributed by atoms with Crippen LogP contribution in [0.25, 0.3) is 10.9 Å². The van der Waals surface area contributed by atoms with Crippen LogP contribution in [0.4, 0.5) is 4.79 Å². The molecule has 172 valence electrons. The second-order valence-corrected chi connectivity index (χ2v) is 7.78. The molecule has 2 N–H and O–H groups in total. The van der Waals surface area contributed by atoms with Crippen LogP contribution in [-0.4, -0.2) is 36.0 Å². The van der Waals surface area contributed by atoms with Crippen LogP contribution in [-0.2, 0) is 22.5 Å². The van der Waals surface area contributed by atoms with Crippen molar-refractivity contribution in [2.24, 2.45) is 0 Å². The van der Waals surface area contributed by atoms with Gasteiger partial charge in [0, 0.05) is 23.2 Å². The number of para-hydroxylation sites is 1. The number of Topliss-reactive ketones (excluding diaryl/α,β-unsaturated/α-hetero) is 1. The molecule has 4 rings (SSSR count). The first kappa shape index (κ1) is 22.8. The van der Waals surface area contributed by atoms with E-state index in [4.69, 9.17) is 9.47 Å². The zero-order valence-electron chi connectivity index (χ0n) is 18.6. The van der Waals surface area contributed by atoms with Crippen molar-refractivity contribution >= 4 is 28.7 Å². The summed E-state index contributed by atoms with van der Waals surface area (Å²) in [5.74, 6) is -0.891. The predicted molar refractivity (Wildman–Crippen MR) is 128 cm³/mol. The van der Waals surface area contributed by atoms with Crippen LogP contribution >= 0.6 is 0 Å². The van der Waals surface area contributed by atoms with E-state index < -0.39 is 18.1 Å². The molecular formula is C27H24N2O5. The molecule has 0 saturated heterocycles. The van der Waals surface area contributed by atoms with Gasteiger partial charge in [0.1, 0.15) is 12.6 Å². The first-order chi connectivity index (χ1) is 16.5. The number of benzene rings is 3. The lowest BCUT2D eigenvalue weighted by molar-refractivity contribution is 0.0600. The third-order valence-electron chi connectivity index (χ3n) is 5.40. The van der Waals surface area contributed by atoms with Gasteiger partial charge in [-0.3, -0.25) is 4.79 Å². The van der Waals surface area contributed by atoms with Crippen molar-refractivity contribution in [2.45, 2.75) is 19.1 Å². The predicted octanol–water partition coefficient (Wildman–Crippen LogP) is 4.67. The third-order valence-corrected chi connectivity index (χ3v) is 5.40. The topological polar surface area (TPSA) is 97.5 Å². The summed E-state index contributed by atoms with van der Waals surface area (Å²) in [5.41, 5.74) is 3.09. The van der Waals surface area contributed by atoms with Gasteiger partial charge in [0.05, 0.1) is 12.7 Å². The number of rotatable bonds is 8. The molecule has 0 spiro atoms. The van der Waals surface area contributed by atoms with Gasteiger partial charge in [-0.1, -0.05) is 60.7 Å². The molecule has 7 heteroatoms. The number of amides is 1. The molecule has 3 aromatic carbocycles. The van der Waals surface area contributed by atoms with Crippen LogP contribution in [0.15, 0.2) is 84.9 Å². The smallest absolute Gasteiger partial charge is 0.408 e. The number of ketones is 1. The summed E-state index contributed by atoms with van der Waals surface area (Å²) in [7, 11) is 1.28. The minimum absolute atomic E-state index is 0.0811. The van der Waals surface area contributed by atoms with E-state index in [1.165, 1.54) is 13.2 Å². The Morgan fingerprint density at radius 3 is 2.38 bits per heavy atom. The van der Waals surface area contributed by atoms with Crippen molar-refractivity contribution in [3.05, 3.63) is 107 Å². The zero-order valence-corrected chi connectivity index (χ0v) is 18.6. The van der Waals surface area contributed by atoms with Crippen molar-refractivity contribution in [2.75, 3.05) is 7.11 Å². The Labute approximate surface area is 196 Å². The molecule has 1 aromatic heterocycles. The van der Waals surface area contributed by atoms with Gasteiger partial charge in [0.2, 0.25) is 0 Å². The van der Waals surface area contributed by atoms with Crippen molar-refractivity contribution in [3.8, 4) is 0 Å². The van der Waals surface area contributed by atoms with Crippen molar-refractivity contribution in [3.63, 3.8) is 0 Å². The highest BCUT2D eigenvalue weighted by molar-refractivity contribution is 6.03. The highest BCUT2D eigenvalue weighted by Crippen LogP contribution is 2.18. The second-order valence-electron chi connectivity index (χ2n) is 7.78. The van der Waals surface area contributed by atoms with E-state index in [9.17, 15) is 14.4 Å². The number of aromatic nitrogens is 1. The van der Waals surface area contributed by atoms with Gasteiger partial charge >= 0.3 is 12.1 Å². The maximum Gasteiger partial charge on any atom is 0.408 e. The first-order valence-corrected chi connectivity index (χ1v) is 10.8. The van der Waals surface area contributed by atoms with Gasteiger partial charge in [-0.15, -0.1) is 0 Å². The summed E-state index contributed by atoms with van der Waals surface area (Å²) in [6.45, 7) is 0.0811. The number of ether oxygens (including phenoxy) is 2. The number of aromatic amines is 1. The Morgan fingerprint density at radius 2 is 1.62 bits per heavy atom. The van der Waals surface area contributed by atoms with Crippen molar-refractivity contribution in [1.82, 2.24) is 10.3 Å². The van der Waals surface area contributed by atoms with Crippen LogP contribution in [0.3, 0.4) is 0 Å². The largest absolute Gasteiger partial charge is 0.465 e. The highest BCUT2D eigenvalue weighted by Gasteiger charge is 2.25. The van der Waals surface area contributed by atoms with Crippen LogP contribution < -0.4 is 5.32 Å². The lowest BCUT2D eigenvalue weighted by atomic mass is 9.98. The Bertz CT molecular complexity index is 1280. The van der Waals surface area contributed by atoms with Gasteiger partial charge in [-0.05, 0) is 35.2 Å². The molecule has 0 saturated carbocycles. The molecule has 0 bridgehead atoms. The van der Waals surface area contributed by atoms with E-state index in [-0.39, 0.29) is 29.9 Å². The summed E-state index contributed by atoms with van der Waals surface area (Å²) < 4.78 is 10.1. The fourth-order valence-electron chi connectivity index (χ4n) is 3.70. The molecule has 4 aromatic rings. The van der Waals surface area contributed by atoms with Gasteiger partial charge < -0.3 is 19.8 Å². The molecule has 0 aliphatic heterocycles. The van der Waals surface area contributed by atoms with Crippen LogP contribution in [0.5, 0.6) is 0 Å². The lowest BCUT2D eigenvalue weighted by Gasteiger charge is -2.18.